The first kappa shape index (κ1) is 9.33. The number of nitrogens with zero attached hydrogens (tertiary/aromatic N) is 3. The molecule has 1 aromatic heterocycles. The molecule has 1 unspecified atom stereocenters. The number of hydrogen-bond donors (Lipinski definition) is 1. The van der Waals surface area contributed by atoms with Gasteiger partial charge in [0.05, 0.1) is 0 Å². The fourth-order valence-electron chi connectivity index (χ4n) is 2.28. The molecule has 0 radical (unpaired) electrons. The second-order valence-electron chi connectivity index (χ2n) is 4.85. The molecular weight excluding hydrogens is 188 g/mol. The van der Waals surface area contributed by atoms with Gasteiger partial charge >= 0.3 is 0 Å². The third kappa shape index (κ3) is 1.91. The van der Waals surface area contributed by atoms with Crippen LogP contribution in [0.25, 0.3) is 0 Å². The third-order valence-electron chi connectivity index (χ3n) is 3.45. The molecule has 1 atom stereocenters. The minimum atomic E-state index is 0.673. The second kappa shape index (κ2) is 3.59. The van der Waals surface area contributed by atoms with E-state index >= 15 is 0 Å². The maximum absolute atomic E-state index is 4.66. The average molecular weight is 206 g/mol. The van der Waals surface area contributed by atoms with Gasteiger partial charge in [0.1, 0.15) is 5.82 Å². The van der Waals surface area contributed by atoms with Gasteiger partial charge in [-0.15, -0.1) is 0 Å². The van der Waals surface area contributed by atoms with Gasteiger partial charge in [-0.25, -0.2) is 4.98 Å². The molecule has 82 valence electrons. The minimum absolute atomic E-state index is 0.673. The topological polar surface area (TPSA) is 42.7 Å². The van der Waals surface area contributed by atoms with E-state index in [2.05, 4.69) is 15.4 Å². The summed E-state index contributed by atoms with van der Waals surface area (Å²) in [6.45, 7) is 2.31. The van der Waals surface area contributed by atoms with Crippen molar-refractivity contribution in [3.63, 3.8) is 0 Å². The average Bonchev–Trinajstić information content (AvgIpc) is 2.84. The van der Waals surface area contributed by atoms with E-state index in [1.165, 1.54) is 25.1 Å². The van der Waals surface area contributed by atoms with Crippen LogP contribution in [-0.2, 0) is 13.5 Å². The Morgan fingerprint density at radius 3 is 2.93 bits per heavy atom. The maximum Gasteiger partial charge on any atom is 0.154 e. The van der Waals surface area contributed by atoms with E-state index < -0.39 is 0 Å². The summed E-state index contributed by atoms with van der Waals surface area (Å²) in [6, 6.07) is 0. The van der Waals surface area contributed by atoms with Crippen LogP contribution < -0.4 is 5.32 Å². The number of rotatable bonds is 3. The van der Waals surface area contributed by atoms with Crippen molar-refractivity contribution >= 4 is 0 Å². The summed E-state index contributed by atoms with van der Waals surface area (Å²) in [6.07, 6.45) is 4.94. The highest BCUT2D eigenvalue weighted by atomic mass is 15.3. The molecule has 2 aliphatic rings. The highest BCUT2D eigenvalue weighted by Crippen LogP contribution is 2.38. The molecule has 0 aromatic carbocycles. The zero-order valence-electron chi connectivity index (χ0n) is 9.24. The Kier molecular flexibility index (Phi) is 2.24. The molecule has 1 saturated carbocycles. The predicted octanol–water partition coefficient (Wildman–Crippen LogP) is 0.844. The largest absolute Gasteiger partial charge is 0.316 e. The molecule has 1 aliphatic carbocycles. The molecule has 2 heterocycles. The summed E-state index contributed by atoms with van der Waals surface area (Å²) < 4.78 is 1.98. The Morgan fingerprint density at radius 1 is 1.40 bits per heavy atom. The van der Waals surface area contributed by atoms with Crippen molar-refractivity contribution in [2.24, 2.45) is 13.0 Å². The second-order valence-corrected chi connectivity index (χ2v) is 4.85. The van der Waals surface area contributed by atoms with Gasteiger partial charge in [0.25, 0.3) is 0 Å². The quantitative estimate of drug-likeness (QED) is 0.797. The van der Waals surface area contributed by atoms with Crippen molar-refractivity contribution in [1.82, 2.24) is 20.1 Å². The van der Waals surface area contributed by atoms with Crippen molar-refractivity contribution < 1.29 is 0 Å². The lowest BCUT2D eigenvalue weighted by Crippen LogP contribution is -2.13. The summed E-state index contributed by atoms with van der Waals surface area (Å²) in [5.74, 6) is 3.69. The van der Waals surface area contributed by atoms with Crippen LogP contribution in [0.15, 0.2) is 0 Å². The summed E-state index contributed by atoms with van der Waals surface area (Å²) in [5, 5.41) is 7.90. The molecule has 4 heteroatoms. The van der Waals surface area contributed by atoms with Crippen LogP contribution in [0.5, 0.6) is 0 Å². The van der Waals surface area contributed by atoms with E-state index in [-0.39, 0.29) is 0 Å². The predicted molar refractivity (Wildman–Crippen MR) is 57.7 cm³/mol. The molecule has 1 saturated heterocycles. The van der Waals surface area contributed by atoms with Gasteiger partial charge in [-0.3, -0.25) is 4.68 Å². The van der Waals surface area contributed by atoms with Gasteiger partial charge in [0.15, 0.2) is 5.82 Å². The minimum Gasteiger partial charge on any atom is -0.316 e. The Labute approximate surface area is 90.1 Å². The van der Waals surface area contributed by atoms with Crippen LogP contribution in [-0.4, -0.2) is 27.9 Å². The zero-order valence-corrected chi connectivity index (χ0v) is 9.24. The van der Waals surface area contributed by atoms with Gasteiger partial charge in [-0.2, -0.15) is 5.10 Å². The van der Waals surface area contributed by atoms with Crippen LogP contribution in [0, 0.1) is 5.92 Å². The molecule has 15 heavy (non-hydrogen) atoms. The number of aromatic nitrogens is 3. The summed E-state index contributed by atoms with van der Waals surface area (Å²) in [7, 11) is 2.02. The van der Waals surface area contributed by atoms with E-state index in [1.807, 2.05) is 11.7 Å². The normalized spacial score (nSPS) is 26.1. The highest BCUT2D eigenvalue weighted by molar-refractivity contribution is 5.06. The van der Waals surface area contributed by atoms with Gasteiger partial charge in [-0.05, 0) is 38.3 Å². The van der Waals surface area contributed by atoms with Crippen LogP contribution in [0.2, 0.25) is 0 Å². The summed E-state index contributed by atoms with van der Waals surface area (Å²) in [5.41, 5.74) is 0. The van der Waals surface area contributed by atoms with Crippen molar-refractivity contribution in [2.45, 2.75) is 31.6 Å². The number of nitrogens with one attached hydrogen (secondary N) is 1. The van der Waals surface area contributed by atoms with Crippen molar-refractivity contribution in [3.8, 4) is 0 Å². The molecule has 0 amide bonds. The van der Waals surface area contributed by atoms with Crippen LogP contribution >= 0.6 is 0 Å². The monoisotopic (exact) mass is 206 g/mol. The summed E-state index contributed by atoms with van der Waals surface area (Å²) >= 11 is 0. The van der Waals surface area contributed by atoms with Crippen molar-refractivity contribution in [1.29, 1.82) is 0 Å². The Morgan fingerprint density at radius 2 is 2.27 bits per heavy atom. The Balaban J connectivity index is 1.72. The molecule has 0 bridgehead atoms. The molecular formula is C11H18N4. The lowest BCUT2D eigenvalue weighted by atomic mass is 10.1. The van der Waals surface area contributed by atoms with Gasteiger partial charge < -0.3 is 5.32 Å². The molecule has 3 rings (SSSR count). The zero-order chi connectivity index (χ0) is 10.3. The highest BCUT2D eigenvalue weighted by Gasteiger charge is 2.29. The van der Waals surface area contributed by atoms with E-state index in [1.54, 1.807) is 0 Å². The van der Waals surface area contributed by atoms with E-state index in [4.69, 9.17) is 0 Å². The van der Waals surface area contributed by atoms with E-state index in [0.717, 1.165) is 31.3 Å². The molecule has 2 fully saturated rings. The Bertz CT molecular complexity index is 347. The first-order valence-corrected chi connectivity index (χ1v) is 5.93. The smallest absolute Gasteiger partial charge is 0.154 e. The van der Waals surface area contributed by atoms with Crippen molar-refractivity contribution in [3.05, 3.63) is 11.6 Å². The van der Waals surface area contributed by atoms with Gasteiger partial charge in [0, 0.05) is 19.4 Å². The van der Waals surface area contributed by atoms with Crippen molar-refractivity contribution in [2.75, 3.05) is 13.1 Å². The third-order valence-corrected chi connectivity index (χ3v) is 3.45. The maximum atomic E-state index is 4.66. The SMILES string of the molecule is Cn1nc(C2CC2)nc1CC1CCNC1. The number of aryl methyl sites for hydroxylation is 1. The van der Waals surface area contributed by atoms with Crippen LogP contribution in [0.4, 0.5) is 0 Å². The molecule has 1 N–H and O–H groups in total. The first-order valence-electron chi connectivity index (χ1n) is 5.93. The first-order chi connectivity index (χ1) is 7.33. The lowest BCUT2D eigenvalue weighted by Gasteiger charge is -2.05. The van der Waals surface area contributed by atoms with Gasteiger partial charge in [0.2, 0.25) is 0 Å². The van der Waals surface area contributed by atoms with E-state index in [0.29, 0.717) is 5.92 Å². The molecule has 4 nitrogen and oxygen atoms in total. The van der Waals surface area contributed by atoms with Gasteiger partial charge in [-0.1, -0.05) is 0 Å². The Hall–Kier alpha value is -0.900. The van der Waals surface area contributed by atoms with Crippen LogP contribution in [0.1, 0.15) is 36.8 Å². The fraction of sp³-hybridized carbons (Fsp3) is 0.818. The summed E-state index contributed by atoms with van der Waals surface area (Å²) in [4.78, 5) is 4.66. The van der Waals surface area contributed by atoms with Crippen LogP contribution in [0.3, 0.4) is 0 Å². The fourth-order valence-corrected chi connectivity index (χ4v) is 2.28. The molecule has 0 spiro atoms. The lowest BCUT2D eigenvalue weighted by molar-refractivity contribution is 0.539. The number of hydrogen-bond acceptors (Lipinski definition) is 3. The standard InChI is InChI=1S/C11H18N4/c1-15-10(6-8-4-5-12-7-8)13-11(14-15)9-2-3-9/h8-9,12H,2-7H2,1H3. The molecule has 1 aliphatic heterocycles. The molecule has 1 aromatic rings. The van der Waals surface area contributed by atoms with E-state index in [9.17, 15) is 0 Å².